The molecular formula is C16H22ClFN2. The second-order valence-electron chi connectivity index (χ2n) is 6.18. The zero-order valence-corrected chi connectivity index (χ0v) is 12.5. The number of nitrogens with one attached hydrogen (secondary N) is 1. The minimum Gasteiger partial charge on any atom is -0.313 e. The molecule has 0 aromatic heterocycles. The fourth-order valence-electron chi connectivity index (χ4n) is 2.99. The Morgan fingerprint density at radius 2 is 2.10 bits per heavy atom. The quantitative estimate of drug-likeness (QED) is 0.865. The summed E-state index contributed by atoms with van der Waals surface area (Å²) >= 11 is 5.75. The zero-order valence-electron chi connectivity index (χ0n) is 11.7. The smallest absolute Gasteiger partial charge is 0.142 e. The average molecular weight is 297 g/mol. The van der Waals surface area contributed by atoms with Gasteiger partial charge >= 0.3 is 0 Å². The highest BCUT2D eigenvalue weighted by Crippen LogP contribution is 2.30. The second kappa shape index (κ2) is 6.42. The normalized spacial score (nSPS) is 22.6. The van der Waals surface area contributed by atoms with Gasteiger partial charge in [0.1, 0.15) is 5.82 Å². The van der Waals surface area contributed by atoms with Crippen LogP contribution in [0.5, 0.6) is 0 Å². The van der Waals surface area contributed by atoms with E-state index in [1.54, 1.807) is 12.1 Å². The maximum absolute atomic E-state index is 13.5. The Morgan fingerprint density at radius 3 is 2.75 bits per heavy atom. The predicted octanol–water partition coefficient (Wildman–Crippen LogP) is 3.44. The summed E-state index contributed by atoms with van der Waals surface area (Å²) in [6, 6.07) is 5.78. The summed E-state index contributed by atoms with van der Waals surface area (Å²) in [6.07, 6.45) is 5.24. The number of rotatable bonds is 6. The van der Waals surface area contributed by atoms with E-state index < -0.39 is 0 Å². The van der Waals surface area contributed by atoms with E-state index in [9.17, 15) is 4.39 Å². The fourth-order valence-corrected chi connectivity index (χ4v) is 3.11. The molecule has 0 bridgehead atoms. The first-order valence-corrected chi connectivity index (χ1v) is 7.98. The number of hydrogen-bond acceptors (Lipinski definition) is 2. The Balaban J connectivity index is 1.62. The highest BCUT2D eigenvalue weighted by Gasteiger charge is 2.26. The van der Waals surface area contributed by atoms with Gasteiger partial charge in [-0.05, 0) is 55.8 Å². The molecule has 1 heterocycles. The zero-order chi connectivity index (χ0) is 13.9. The number of halogens is 2. The van der Waals surface area contributed by atoms with Crippen LogP contribution in [0.1, 0.15) is 31.2 Å². The van der Waals surface area contributed by atoms with Crippen molar-refractivity contribution in [3.63, 3.8) is 0 Å². The largest absolute Gasteiger partial charge is 0.313 e. The van der Waals surface area contributed by atoms with E-state index >= 15 is 0 Å². The summed E-state index contributed by atoms with van der Waals surface area (Å²) in [5.41, 5.74) is 1.02. The van der Waals surface area contributed by atoms with Crippen molar-refractivity contribution in [2.24, 2.45) is 5.92 Å². The highest BCUT2D eigenvalue weighted by atomic mass is 35.5. The number of hydrogen-bond donors (Lipinski definition) is 1. The first-order chi connectivity index (χ1) is 9.70. The number of benzene rings is 1. The second-order valence-corrected chi connectivity index (χ2v) is 6.59. The van der Waals surface area contributed by atoms with Crippen LogP contribution in [0, 0.1) is 11.7 Å². The first-order valence-electron chi connectivity index (χ1n) is 7.60. The average Bonchev–Trinajstić information content (AvgIpc) is 3.08. The minimum absolute atomic E-state index is 0.208. The van der Waals surface area contributed by atoms with E-state index in [1.165, 1.54) is 25.7 Å². The Bertz CT molecular complexity index is 456. The maximum atomic E-state index is 13.5. The van der Waals surface area contributed by atoms with E-state index in [0.29, 0.717) is 6.04 Å². The van der Waals surface area contributed by atoms with Crippen molar-refractivity contribution in [1.29, 1.82) is 0 Å². The summed E-state index contributed by atoms with van der Waals surface area (Å²) in [5, 5.41) is 3.76. The van der Waals surface area contributed by atoms with Crippen molar-refractivity contribution >= 4 is 11.6 Å². The molecule has 0 amide bonds. The molecule has 1 aromatic rings. The molecule has 1 saturated carbocycles. The summed E-state index contributed by atoms with van der Waals surface area (Å²) in [5.74, 6) is 0.545. The van der Waals surface area contributed by atoms with Gasteiger partial charge in [-0.15, -0.1) is 0 Å². The SMILES string of the molecule is Fc1cc(CN(CC2CC2)CC2CCCN2)ccc1Cl. The third-order valence-corrected chi connectivity index (χ3v) is 4.55. The molecule has 1 atom stereocenters. The van der Waals surface area contributed by atoms with Gasteiger partial charge in [0.2, 0.25) is 0 Å². The van der Waals surface area contributed by atoms with Gasteiger partial charge in [0.15, 0.2) is 0 Å². The minimum atomic E-state index is -0.311. The van der Waals surface area contributed by atoms with Gasteiger partial charge in [0.05, 0.1) is 5.02 Å². The van der Waals surface area contributed by atoms with Gasteiger partial charge in [-0.2, -0.15) is 0 Å². The van der Waals surface area contributed by atoms with Crippen LogP contribution in [-0.4, -0.2) is 30.6 Å². The molecule has 20 heavy (non-hydrogen) atoms. The molecule has 1 aliphatic carbocycles. The molecule has 2 fully saturated rings. The molecule has 110 valence electrons. The predicted molar refractivity (Wildman–Crippen MR) is 80.4 cm³/mol. The molecule has 1 unspecified atom stereocenters. The van der Waals surface area contributed by atoms with Crippen LogP contribution in [0.25, 0.3) is 0 Å². The molecule has 1 aromatic carbocycles. The standard InChI is InChI=1S/C16H22ClFN2/c17-15-6-5-13(8-16(15)18)10-20(9-12-3-4-12)11-14-2-1-7-19-14/h5-6,8,12,14,19H,1-4,7,9-11H2. The van der Waals surface area contributed by atoms with Crippen molar-refractivity contribution in [1.82, 2.24) is 10.2 Å². The van der Waals surface area contributed by atoms with Crippen LogP contribution in [0.2, 0.25) is 5.02 Å². The van der Waals surface area contributed by atoms with Crippen LogP contribution in [-0.2, 0) is 6.54 Å². The summed E-state index contributed by atoms with van der Waals surface area (Å²) in [7, 11) is 0. The Morgan fingerprint density at radius 1 is 1.25 bits per heavy atom. The lowest BCUT2D eigenvalue weighted by atomic mass is 10.1. The molecule has 3 rings (SSSR count). The Kier molecular flexibility index (Phi) is 4.59. The molecule has 1 N–H and O–H groups in total. The molecule has 2 nitrogen and oxygen atoms in total. The molecule has 1 aliphatic heterocycles. The van der Waals surface area contributed by atoms with E-state index in [1.807, 2.05) is 6.07 Å². The van der Waals surface area contributed by atoms with Crippen LogP contribution < -0.4 is 5.32 Å². The van der Waals surface area contributed by atoms with Gasteiger partial charge < -0.3 is 5.32 Å². The van der Waals surface area contributed by atoms with Gasteiger partial charge in [-0.25, -0.2) is 4.39 Å². The highest BCUT2D eigenvalue weighted by molar-refractivity contribution is 6.30. The van der Waals surface area contributed by atoms with Gasteiger partial charge in [0.25, 0.3) is 0 Å². The molecule has 4 heteroatoms. The van der Waals surface area contributed by atoms with Gasteiger partial charge in [-0.3, -0.25) is 4.90 Å². The van der Waals surface area contributed by atoms with Gasteiger partial charge in [0, 0.05) is 25.7 Å². The number of nitrogens with zero attached hydrogens (tertiary/aromatic N) is 1. The molecule has 0 spiro atoms. The van der Waals surface area contributed by atoms with Crippen LogP contribution in [0.15, 0.2) is 18.2 Å². The summed E-state index contributed by atoms with van der Waals surface area (Å²) in [6.45, 7) is 4.17. The third-order valence-electron chi connectivity index (χ3n) is 4.24. The van der Waals surface area contributed by atoms with Crippen molar-refractivity contribution in [2.45, 2.75) is 38.3 Å². The monoisotopic (exact) mass is 296 g/mol. The van der Waals surface area contributed by atoms with E-state index in [0.717, 1.165) is 37.7 Å². The van der Waals surface area contributed by atoms with Crippen LogP contribution >= 0.6 is 11.6 Å². The molecular weight excluding hydrogens is 275 g/mol. The lowest BCUT2D eigenvalue weighted by Gasteiger charge is -2.26. The van der Waals surface area contributed by atoms with Crippen molar-refractivity contribution < 1.29 is 4.39 Å². The lowest BCUT2D eigenvalue weighted by Crippen LogP contribution is -2.38. The molecule has 0 radical (unpaired) electrons. The van der Waals surface area contributed by atoms with Crippen LogP contribution in [0.3, 0.4) is 0 Å². The van der Waals surface area contributed by atoms with Crippen molar-refractivity contribution in [3.8, 4) is 0 Å². The Labute approximate surface area is 125 Å². The Hall–Kier alpha value is -0.640. The summed E-state index contributed by atoms with van der Waals surface area (Å²) in [4.78, 5) is 2.48. The fraction of sp³-hybridized carbons (Fsp3) is 0.625. The third kappa shape index (κ3) is 3.94. The van der Waals surface area contributed by atoms with Crippen LogP contribution in [0.4, 0.5) is 4.39 Å². The topological polar surface area (TPSA) is 15.3 Å². The van der Waals surface area contributed by atoms with E-state index in [4.69, 9.17) is 11.6 Å². The first kappa shape index (κ1) is 14.3. The molecule has 1 saturated heterocycles. The van der Waals surface area contributed by atoms with Crippen molar-refractivity contribution in [2.75, 3.05) is 19.6 Å². The molecule has 2 aliphatic rings. The lowest BCUT2D eigenvalue weighted by molar-refractivity contribution is 0.231. The van der Waals surface area contributed by atoms with E-state index in [2.05, 4.69) is 10.2 Å². The summed E-state index contributed by atoms with van der Waals surface area (Å²) < 4.78 is 13.5. The van der Waals surface area contributed by atoms with Gasteiger partial charge in [-0.1, -0.05) is 17.7 Å². The van der Waals surface area contributed by atoms with Crippen molar-refractivity contribution in [3.05, 3.63) is 34.6 Å². The maximum Gasteiger partial charge on any atom is 0.142 e. The van der Waals surface area contributed by atoms with E-state index in [-0.39, 0.29) is 10.8 Å².